The van der Waals surface area contributed by atoms with Crippen molar-refractivity contribution in [1.82, 2.24) is 0 Å². The second-order valence-electron chi connectivity index (χ2n) is 2.22. The maximum atomic E-state index is 8.80. The van der Waals surface area contributed by atoms with E-state index in [0.29, 0.717) is 0 Å². The predicted octanol–water partition coefficient (Wildman–Crippen LogP) is 1.83. The SMILES string of the molecule is CNc1ccc(CO)cc1I. The Labute approximate surface area is 79.8 Å². The molecule has 2 nitrogen and oxygen atoms in total. The van der Waals surface area contributed by atoms with Crippen molar-refractivity contribution in [3.63, 3.8) is 0 Å². The van der Waals surface area contributed by atoms with Crippen molar-refractivity contribution in [3.05, 3.63) is 27.3 Å². The quantitative estimate of drug-likeness (QED) is 0.798. The molecule has 0 atom stereocenters. The van der Waals surface area contributed by atoms with E-state index in [4.69, 9.17) is 5.11 Å². The highest BCUT2D eigenvalue weighted by Gasteiger charge is 1.97. The number of halogens is 1. The Kier molecular flexibility index (Phi) is 3.14. The van der Waals surface area contributed by atoms with E-state index >= 15 is 0 Å². The van der Waals surface area contributed by atoms with E-state index in [2.05, 4.69) is 27.9 Å². The third-order valence-electron chi connectivity index (χ3n) is 1.49. The third-order valence-corrected chi connectivity index (χ3v) is 2.38. The molecule has 60 valence electrons. The van der Waals surface area contributed by atoms with Gasteiger partial charge in [0.15, 0.2) is 0 Å². The molecule has 0 spiro atoms. The molecule has 0 aromatic heterocycles. The number of aliphatic hydroxyl groups excluding tert-OH is 1. The zero-order valence-corrected chi connectivity index (χ0v) is 8.42. The average molecular weight is 263 g/mol. The van der Waals surface area contributed by atoms with Crippen LogP contribution in [0, 0.1) is 3.57 Å². The van der Waals surface area contributed by atoms with Crippen molar-refractivity contribution in [2.75, 3.05) is 12.4 Å². The van der Waals surface area contributed by atoms with Gasteiger partial charge in [-0.15, -0.1) is 0 Å². The Balaban J connectivity index is 2.99. The summed E-state index contributed by atoms with van der Waals surface area (Å²) >= 11 is 2.24. The summed E-state index contributed by atoms with van der Waals surface area (Å²) in [5, 5.41) is 11.9. The predicted molar refractivity (Wildman–Crippen MR) is 54.6 cm³/mol. The van der Waals surface area contributed by atoms with Crippen LogP contribution < -0.4 is 5.32 Å². The summed E-state index contributed by atoms with van der Waals surface area (Å²) in [5.41, 5.74) is 2.05. The normalized spacial score (nSPS) is 9.73. The van der Waals surface area contributed by atoms with Crippen LogP contribution in [0.3, 0.4) is 0 Å². The van der Waals surface area contributed by atoms with E-state index in [9.17, 15) is 0 Å². The molecule has 0 fully saturated rings. The maximum absolute atomic E-state index is 8.80. The number of aliphatic hydroxyl groups is 1. The van der Waals surface area contributed by atoms with E-state index in [1.54, 1.807) is 0 Å². The fourth-order valence-corrected chi connectivity index (χ4v) is 1.71. The number of anilines is 1. The minimum absolute atomic E-state index is 0.111. The minimum Gasteiger partial charge on any atom is -0.392 e. The van der Waals surface area contributed by atoms with Crippen LogP contribution in [0.2, 0.25) is 0 Å². The number of hydrogen-bond acceptors (Lipinski definition) is 2. The first-order chi connectivity index (χ1) is 5.27. The highest BCUT2D eigenvalue weighted by Crippen LogP contribution is 2.18. The van der Waals surface area contributed by atoms with E-state index in [0.717, 1.165) is 14.8 Å². The Morgan fingerprint density at radius 2 is 2.27 bits per heavy atom. The van der Waals surface area contributed by atoms with E-state index in [-0.39, 0.29) is 6.61 Å². The Hall–Kier alpha value is -0.290. The fourth-order valence-electron chi connectivity index (χ4n) is 0.860. The summed E-state index contributed by atoms with van der Waals surface area (Å²) in [4.78, 5) is 0. The van der Waals surface area contributed by atoms with Crippen molar-refractivity contribution < 1.29 is 5.11 Å². The van der Waals surface area contributed by atoms with Gasteiger partial charge in [-0.05, 0) is 40.3 Å². The largest absolute Gasteiger partial charge is 0.392 e. The zero-order valence-electron chi connectivity index (χ0n) is 6.26. The molecular formula is C8H10INO. The molecule has 0 saturated carbocycles. The summed E-state index contributed by atoms with van der Waals surface area (Å²) in [7, 11) is 1.89. The molecule has 3 heteroatoms. The summed E-state index contributed by atoms with van der Waals surface area (Å²) in [6.45, 7) is 0.111. The maximum Gasteiger partial charge on any atom is 0.0682 e. The van der Waals surface area contributed by atoms with Gasteiger partial charge >= 0.3 is 0 Å². The highest BCUT2D eigenvalue weighted by atomic mass is 127. The van der Waals surface area contributed by atoms with Crippen LogP contribution in [0.25, 0.3) is 0 Å². The molecule has 0 saturated heterocycles. The standard InChI is InChI=1S/C8H10INO/c1-10-8-3-2-6(5-11)4-7(8)9/h2-4,10-11H,5H2,1H3. The van der Waals surface area contributed by atoms with Gasteiger partial charge in [-0.3, -0.25) is 0 Å². The monoisotopic (exact) mass is 263 g/mol. The molecule has 0 amide bonds. The van der Waals surface area contributed by atoms with E-state index < -0.39 is 0 Å². The van der Waals surface area contributed by atoms with Crippen molar-refractivity contribution in [3.8, 4) is 0 Å². The second-order valence-corrected chi connectivity index (χ2v) is 3.38. The lowest BCUT2D eigenvalue weighted by molar-refractivity contribution is 0.282. The molecule has 0 aliphatic heterocycles. The van der Waals surface area contributed by atoms with E-state index in [1.807, 2.05) is 25.2 Å². The van der Waals surface area contributed by atoms with Crippen LogP contribution >= 0.6 is 22.6 Å². The lowest BCUT2D eigenvalue weighted by Crippen LogP contribution is -1.92. The zero-order chi connectivity index (χ0) is 8.27. The van der Waals surface area contributed by atoms with Crippen molar-refractivity contribution in [1.29, 1.82) is 0 Å². The molecule has 2 N–H and O–H groups in total. The van der Waals surface area contributed by atoms with Gasteiger partial charge in [0.2, 0.25) is 0 Å². The lowest BCUT2D eigenvalue weighted by Gasteiger charge is -2.04. The van der Waals surface area contributed by atoms with Crippen LogP contribution in [0.4, 0.5) is 5.69 Å². The van der Waals surface area contributed by atoms with Crippen LogP contribution in [-0.2, 0) is 6.61 Å². The first kappa shape index (κ1) is 8.80. The summed E-state index contributed by atoms with van der Waals surface area (Å²) in [5.74, 6) is 0. The van der Waals surface area contributed by atoms with Crippen LogP contribution in [0.1, 0.15) is 5.56 Å². The number of hydrogen-bond donors (Lipinski definition) is 2. The summed E-state index contributed by atoms with van der Waals surface area (Å²) < 4.78 is 1.14. The Morgan fingerprint density at radius 3 is 2.73 bits per heavy atom. The molecule has 1 aromatic rings. The second kappa shape index (κ2) is 3.92. The molecule has 0 aliphatic carbocycles. The first-order valence-electron chi connectivity index (χ1n) is 3.35. The van der Waals surface area contributed by atoms with Crippen LogP contribution in [0.5, 0.6) is 0 Å². The van der Waals surface area contributed by atoms with Gasteiger partial charge in [-0.2, -0.15) is 0 Å². The number of benzene rings is 1. The minimum atomic E-state index is 0.111. The van der Waals surface area contributed by atoms with Crippen LogP contribution in [0.15, 0.2) is 18.2 Å². The molecule has 11 heavy (non-hydrogen) atoms. The fraction of sp³-hybridized carbons (Fsp3) is 0.250. The highest BCUT2D eigenvalue weighted by molar-refractivity contribution is 14.1. The van der Waals surface area contributed by atoms with Gasteiger partial charge in [0.1, 0.15) is 0 Å². The molecule has 1 rings (SSSR count). The molecule has 0 bridgehead atoms. The van der Waals surface area contributed by atoms with Crippen LogP contribution in [-0.4, -0.2) is 12.2 Å². The smallest absolute Gasteiger partial charge is 0.0682 e. The van der Waals surface area contributed by atoms with Gasteiger partial charge in [0.05, 0.1) is 6.61 Å². The third kappa shape index (κ3) is 2.07. The molecule has 1 aromatic carbocycles. The van der Waals surface area contributed by atoms with Crippen molar-refractivity contribution in [2.24, 2.45) is 0 Å². The molecule has 0 unspecified atom stereocenters. The lowest BCUT2D eigenvalue weighted by atomic mass is 10.2. The summed E-state index contributed by atoms with van der Waals surface area (Å²) in [6.07, 6.45) is 0. The van der Waals surface area contributed by atoms with Gasteiger partial charge < -0.3 is 10.4 Å². The summed E-state index contributed by atoms with van der Waals surface area (Å²) in [6, 6.07) is 5.84. The van der Waals surface area contributed by atoms with Gasteiger partial charge in [0.25, 0.3) is 0 Å². The van der Waals surface area contributed by atoms with Gasteiger partial charge in [0, 0.05) is 16.3 Å². The van der Waals surface area contributed by atoms with E-state index in [1.165, 1.54) is 0 Å². The van der Waals surface area contributed by atoms with Gasteiger partial charge in [-0.25, -0.2) is 0 Å². The van der Waals surface area contributed by atoms with Gasteiger partial charge in [-0.1, -0.05) is 6.07 Å². The molecule has 0 aliphatic rings. The van der Waals surface area contributed by atoms with Crippen molar-refractivity contribution in [2.45, 2.75) is 6.61 Å². The topological polar surface area (TPSA) is 32.3 Å². The Morgan fingerprint density at radius 1 is 1.55 bits per heavy atom. The Bertz CT molecular complexity index is 250. The van der Waals surface area contributed by atoms with Crippen molar-refractivity contribution >= 4 is 28.3 Å². The number of rotatable bonds is 2. The number of nitrogens with one attached hydrogen (secondary N) is 1. The first-order valence-corrected chi connectivity index (χ1v) is 4.43. The molecule has 0 radical (unpaired) electrons. The average Bonchev–Trinajstić information content (AvgIpc) is 2.04. The molecule has 0 heterocycles. The molecular weight excluding hydrogens is 253 g/mol.